The number of nitrogens with two attached hydrogens (primary N) is 1. The molecule has 0 aromatic carbocycles. The molecule has 3 N–H and O–H groups in total. The van der Waals surface area contributed by atoms with Gasteiger partial charge in [0.1, 0.15) is 4.21 Å². The second-order valence-corrected chi connectivity index (χ2v) is 8.29. The molecule has 1 aromatic heterocycles. The first-order valence-corrected chi connectivity index (χ1v) is 8.35. The maximum absolute atomic E-state index is 12.0. The number of hydrogen-bond donors (Lipinski definition) is 2. The predicted molar refractivity (Wildman–Crippen MR) is 77.9 cm³/mol. The van der Waals surface area contributed by atoms with Gasteiger partial charge in [-0.2, -0.15) is 0 Å². The maximum Gasteiger partial charge on any atom is 0.250 e. The van der Waals surface area contributed by atoms with Crippen molar-refractivity contribution in [1.82, 2.24) is 4.72 Å². The Bertz CT molecular complexity index is 505. The van der Waals surface area contributed by atoms with Gasteiger partial charge in [-0.3, -0.25) is 0 Å². The van der Waals surface area contributed by atoms with Gasteiger partial charge in [0, 0.05) is 0 Å². The summed E-state index contributed by atoms with van der Waals surface area (Å²) >= 11 is 9.27. The highest BCUT2D eigenvalue weighted by atomic mass is 79.9. The van der Waals surface area contributed by atoms with Gasteiger partial charge in [0.2, 0.25) is 0 Å². The van der Waals surface area contributed by atoms with Crippen LogP contribution in [-0.2, 0) is 10.0 Å². The van der Waals surface area contributed by atoms with E-state index in [4.69, 9.17) is 18.0 Å². The van der Waals surface area contributed by atoms with Crippen LogP contribution < -0.4 is 10.5 Å². The molecule has 0 radical (unpaired) electrons. The van der Waals surface area contributed by atoms with Crippen molar-refractivity contribution in [2.75, 3.05) is 0 Å². The number of aryl methyl sites for hydroxylation is 1. The van der Waals surface area contributed by atoms with E-state index in [1.807, 2.05) is 13.8 Å². The van der Waals surface area contributed by atoms with Crippen molar-refractivity contribution in [2.45, 2.75) is 30.5 Å². The first-order chi connectivity index (χ1) is 7.77. The third-order valence-corrected chi connectivity index (χ3v) is 6.51. The Hall–Kier alpha value is -0.0200. The highest BCUT2D eigenvalue weighted by Crippen LogP contribution is 2.30. The van der Waals surface area contributed by atoms with Crippen molar-refractivity contribution in [3.63, 3.8) is 0 Å². The summed E-state index contributed by atoms with van der Waals surface area (Å²) in [5, 5.41) is 0. The highest BCUT2D eigenvalue weighted by Gasteiger charge is 2.23. The van der Waals surface area contributed by atoms with Gasteiger partial charge >= 0.3 is 0 Å². The molecule has 0 bridgehead atoms. The van der Waals surface area contributed by atoms with Gasteiger partial charge < -0.3 is 5.73 Å². The number of thiophene rings is 1. The minimum Gasteiger partial charge on any atom is -0.392 e. The molecule has 0 aliphatic heterocycles. The van der Waals surface area contributed by atoms with Crippen LogP contribution in [0.2, 0.25) is 0 Å². The fourth-order valence-corrected chi connectivity index (χ4v) is 4.99. The zero-order valence-electron chi connectivity index (χ0n) is 9.36. The molecule has 96 valence electrons. The Morgan fingerprint density at radius 1 is 1.71 bits per heavy atom. The molecule has 0 saturated carbocycles. The molecular weight excluding hydrogens is 344 g/mol. The average Bonchev–Trinajstić information content (AvgIpc) is 2.56. The van der Waals surface area contributed by atoms with Crippen LogP contribution in [0.3, 0.4) is 0 Å². The monoisotopic (exact) mass is 356 g/mol. The Balaban J connectivity index is 3.00. The molecule has 0 spiro atoms. The Morgan fingerprint density at radius 3 is 2.65 bits per heavy atom. The van der Waals surface area contributed by atoms with Crippen molar-refractivity contribution in [3.8, 4) is 0 Å². The SMILES string of the molecule is CCC(NS(=O)(=O)c1cc(C)c(Br)s1)C(N)=S. The van der Waals surface area contributed by atoms with E-state index in [0.717, 1.165) is 9.35 Å². The van der Waals surface area contributed by atoms with Gasteiger partial charge in [-0.25, -0.2) is 13.1 Å². The fourth-order valence-electron chi connectivity index (χ4n) is 1.15. The van der Waals surface area contributed by atoms with Crippen molar-refractivity contribution in [3.05, 3.63) is 15.4 Å². The van der Waals surface area contributed by atoms with Crippen LogP contribution in [0, 0.1) is 6.92 Å². The molecule has 0 fully saturated rings. The van der Waals surface area contributed by atoms with Crippen LogP contribution in [0.1, 0.15) is 18.9 Å². The van der Waals surface area contributed by atoms with Crippen molar-refractivity contribution >= 4 is 54.5 Å². The van der Waals surface area contributed by atoms with Gasteiger partial charge in [0.15, 0.2) is 0 Å². The van der Waals surface area contributed by atoms with E-state index in [1.165, 1.54) is 11.3 Å². The molecule has 1 rings (SSSR count). The predicted octanol–water partition coefficient (Wildman–Crippen LogP) is 2.16. The van der Waals surface area contributed by atoms with E-state index in [-0.39, 0.29) is 9.20 Å². The molecule has 1 heterocycles. The summed E-state index contributed by atoms with van der Waals surface area (Å²) in [5.41, 5.74) is 6.35. The normalized spacial score (nSPS) is 13.6. The quantitative estimate of drug-likeness (QED) is 0.793. The third-order valence-electron chi connectivity index (χ3n) is 2.15. The molecule has 1 aromatic rings. The summed E-state index contributed by atoms with van der Waals surface area (Å²) in [4.78, 5) is 0.156. The third kappa shape index (κ3) is 3.72. The lowest BCUT2D eigenvalue weighted by Gasteiger charge is -2.14. The van der Waals surface area contributed by atoms with Crippen LogP contribution in [-0.4, -0.2) is 19.4 Å². The largest absolute Gasteiger partial charge is 0.392 e. The van der Waals surface area contributed by atoms with E-state index in [1.54, 1.807) is 6.07 Å². The van der Waals surface area contributed by atoms with Crippen molar-refractivity contribution < 1.29 is 8.42 Å². The van der Waals surface area contributed by atoms with Gasteiger partial charge in [-0.15, -0.1) is 11.3 Å². The highest BCUT2D eigenvalue weighted by molar-refractivity contribution is 9.11. The number of thiocarbonyl (C=S) groups is 1. The number of sulfonamides is 1. The van der Waals surface area contributed by atoms with Gasteiger partial charge in [-0.1, -0.05) is 19.1 Å². The molecule has 0 aliphatic rings. The number of rotatable bonds is 5. The second kappa shape index (κ2) is 5.75. The molecule has 4 nitrogen and oxygen atoms in total. The van der Waals surface area contributed by atoms with Gasteiger partial charge in [-0.05, 0) is 40.9 Å². The first kappa shape index (κ1) is 15.0. The lowest BCUT2D eigenvalue weighted by Crippen LogP contribution is -2.42. The molecule has 17 heavy (non-hydrogen) atoms. The van der Waals surface area contributed by atoms with Crippen LogP contribution in [0.4, 0.5) is 0 Å². The van der Waals surface area contributed by atoms with Crippen molar-refractivity contribution in [2.24, 2.45) is 5.73 Å². The molecule has 1 atom stereocenters. The average molecular weight is 357 g/mol. The molecule has 0 aliphatic carbocycles. The second-order valence-electron chi connectivity index (χ2n) is 3.51. The number of hydrogen-bond acceptors (Lipinski definition) is 4. The maximum atomic E-state index is 12.0. The van der Waals surface area contributed by atoms with E-state index >= 15 is 0 Å². The zero-order chi connectivity index (χ0) is 13.2. The number of nitrogens with one attached hydrogen (secondary N) is 1. The molecule has 0 amide bonds. The summed E-state index contributed by atoms with van der Waals surface area (Å²) in [5.74, 6) is 0. The molecule has 0 saturated heterocycles. The van der Waals surface area contributed by atoms with E-state index in [0.29, 0.717) is 6.42 Å². The van der Waals surface area contributed by atoms with Crippen LogP contribution in [0.5, 0.6) is 0 Å². The lowest BCUT2D eigenvalue weighted by atomic mass is 10.2. The standard InChI is InChI=1S/C9H13BrN2O2S3/c1-3-6(9(11)15)12-17(13,14)7-4-5(2)8(10)16-7/h4,6,12H,3H2,1-2H3,(H2,11,15). The minimum atomic E-state index is -3.55. The van der Waals surface area contributed by atoms with E-state index in [2.05, 4.69) is 20.7 Å². The van der Waals surface area contributed by atoms with Crippen LogP contribution >= 0.6 is 39.5 Å². The van der Waals surface area contributed by atoms with Crippen molar-refractivity contribution in [1.29, 1.82) is 0 Å². The lowest BCUT2D eigenvalue weighted by molar-refractivity contribution is 0.574. The van der Waals surface area contributed by atoms with E-state index in [9.17, 15) is 8.42 Å². The summed E-state index contributed by atoms with van der Waals surface area (Å²) in [7, 11) is -3.55. The molecular formula is C9H13BrN2O2S3. The number of halogens is 1. The Morgan fingerprint density at radius 2 is 2.29 bits per heavy atom. The zero-order valence-corrected chi connectivity index (χ0v) is 13.4. The molecule has 1 unspecified atom stereocenters. The van der Waals surface area contributed by atoms with Gasteiger partial charge in [0.05, 0.1) is 14.8 Å². The topological polar surface area (TPSA) is 72.2 Å². The van der Waals surface area contributed by atoms with E-state index < -0.39 is 16.1 Å². The smallest absolute Gasteiger partial charge is 0.250 e. The Labute approximate surface area is 119 Å². The summed E-state index contributed by atoms with van der Waals surface area (Å²) in [6, 6.07) is 1.11. The van der Waals surface area contributed by atoms with Gasteiger partial charge in [0.25, 0.3) is 10.0 Å². The van der Waals surface area contributed by atoms with Crippen LogP contribution in [0.25, 0.3) is 0 Å². The first-order valence-electron chi connectivity index (χ1n) is 4.85. The summed E-state index contributed by atoms with van der Waals surface area (Å²) < 4.78 is 27.6. The Kier molecular flexibility index (Phi) is 5.08. The van der Waals surface area contributed by atoms with Crippen LogP contribution in [0.15, 0.2) is 14.1 Å². The summed E-state index contributed by atoms with van der Waals surface area (Å²) in [6.45, 7) is 3.66. The molecule has 8 heteroatoms. The minimum absolute atomic E-state index is 0.156. The fraction of sp³-hybridized carbons (Fsp3) is 0.444. The summed E-state index contributed by atoms with van der Waals surface area (Å²) in [6.07, 6.45) is 0.528.